The number of carbonyl (C=O) groups excluding carboxylic acids is 1. The lowest BCUT2D eigenvalue weighted by atomic mass is 10.2. The molecule has 18 heavy (non-hydrogen) atoms. The second kappa shape index (κ2) is 5.82. The molecule has 0 aromatic carbocycles. The molecule has 0 radical (unpaired) electrons. The van der Waals surface area contributed by atoms with E-state index >= 15 is 0 Å². The van der Waals surface area contributed by atoms with Gasteiger partial charge in [-0.25, -0.2) is 4.98 Å². The first-order chi connectivity index (χ1) is 8.68. The highest BCUT2D eigenvalue weighted by atomic mass is 16.2. The Hall–Kier alpha value is -1.62. The Kier molecular flexibility index (Phi) is 4.15. The predicted molar refractivity (Wildman–Crippen MR) is 71.8 cm³/mol. The fourth-order valence-electron chi connectivity index (χ4n) is 2.00. The van der Waals surface area contributed by atoms with Gasteiger partial charge >= 0.3 is 0 Å². The smallest absolute Gasteiger partial charge is 0.257 e. The van der Waals surface area contributed by atoms with E-state index in [-0.39, 0.29) is 11.9 Å². The van der Waals surface area contributed by atoms with Crippen molar-refractivity contribution in [2.24, 2.45) is 0 Å². The summed E-state index contributed by atoms with van der Waals surface area (Å²) >= 11 is 0. The van der Waals surface area contributed by atoms with Gasteiger partial charge in [0.05, 0.1) is 5.56 Å². The number of pyridine rings is 1. The lowest BCUT2D eigenvalue weighted by Crippen LogP contribution is -2.46. The molecule has 1 aromatic rings. The third-order valence-electron chi connectivity index (χ3n) is 2.87. The van der Waals surface area contributed by atoms with Crippen molar-refractivity contribution >= 4 is 11.7 Å². The summed E-state index contributed by atoms with van der Waals surface area (Å²) in [6, 6.07) is 3.90. The summed E-state index contributed by atoms with van der Waals surface area (Å²) in [6.45, 7) is 7.31. The Bertz CT molecular complexity index is 413. The lowest BCUT2D eigenvalue weighted by Gasteiger charge is -2.28. The maximum Gasteiger partial charge on any atom is 0.257 e. The van der Waals surface area contributed by atoms with E-state index in [9.17, 15) is 4.79 Å². The Morgan fingerprint density at radius 1 is 1.44 bits per heavy atom. The van der Waals surface area contributed by atoms with Crippen LogP contribution in [0.15, 0.2) is 18.3 Å². The summed E-state index contributed by atoms with van der Waals surface area (Å²) in [5.41, 5.74) is 0.660. The van der Waals surface area contributed by atoms with Crippen molar-refractivity contribution in [1.29, 1.82) is 0 Å². The second-order valence-corrected chi connectivity index (χ2v) is 4.74. The summed E-state index contributed by atoms with van der Waals surface area (Å²) in [6.07, 6.45) is 1.71. The van der Waals surface area contributed by atoms with Crippen LogP contribution >= 0.6 is 0 Å². The number of piperazine rings is 1. The minimum absolute atomic E-state index is 0.0627. The molecule has 0 bridgehead atoms. The van der Waals surface area contributed by atoms with E-state index in [0.29, 0.717) is 11.4 Å². The SMILES string of the molecule is CC(C)Nc1ncccc1C(=O)N1CCNCC1. The monoisotopic (exact) mass is 248 g/mol. The van der Waals surface area contributed by atoms with Crippen molar-refractivity contribution in [3.05, 3.63) is 23.9 Å². The van der Waals surface area contributed by atoms with E-state index < -0.39 is 0 Å². The molecule has 2 rings (SSSR count). The number of hydrogen-bond donors (Lipinski definition) is 2. The second-order valence-electron chi connectivity index (χ2n) is 4.74. The molecule has 1 aliphatic heterocycles. The van der Waals surface area contributed by atoms with E-state index in [1.54, 1.807) is 12.3 Å². The van der Waals surface area contributed by atoms with Gasteiger partial charge in [-0.05, 0) is 26.0 Å². The van der Waals surface area contributed by atoms with Crippen LogP contribution in [0.25, 0.3) is 0 Å². The minimum Gasteiger partial charge on any atom is -0.367 e. The average Bonchev–Trinajstić information content (AvgIpc) is 2.39. The summed E-state index contributed by atoms with van der Waals surface area (Å²) in [5.74, 6) is 0.740. The highest BCUT2D eigenvalue weighted by molar-refractivity contribution is 5.98. The normalized spacial score (nSPS) is 15.8. The van der Waals surface area contributed by atoms with Gasteiger partial charge in [-0.3, -0.25) is 4.79 Å². The first kappa shape index (κ1) is 12.8. The molecule has 1 aliphatic rings. The van der Waals surface area contributed by atoms with E-state index in [4.69, 9.17) is 0 Å². The zero-order chi connectivity index (χ0) is 13.0. The van der Waals surface area contributed by atoms with Crippen LogP contribution in [0.2, 0.25) is 0 Å². The summed E-state index contributed by atoms with van der Waals surface area (Å²) in [5, 5.41) is 6.46. The molecular formula is C13H20N4O. The van der Waals surface area contributed by atoms with Crippen LogP contribution in [0.4, 0.5) is 5.82 Å². The molecule has 5 heteroatoms. The molecule has 1 saturated heterocycles. The largest absolute Gasteiger partial charge is 0.367 e. The summed E-state index contributed by atoms with van der Waals surface area (Å²) in [7, 11) is 0. The van der Waals surface area contributed by atoms with Gasteiger partial charge < -0.3 is 15.5 Å². The van der Waals surface area contributed by atoms with Crippen molar-refractivity contribution in [2.75, 3.05) is 31.5 Å². The number of anilines is 1. The predicted octanol–water partition coefficient (Wildman–Crippen LogP) is 0.947. The van der Waals surface area contributed by atoms with Gasteiger partial charge in [-0.1, -0.05) is 0 Å². The van der Waals surface area contributed by atoms with Gasteiger partial charge in [0.25, 0.3) is 5.91 Å². The lowest BCUT2D eigenvalue weighted by molar-refractivity contribution is 0.0736. The molecule has 5 nitrogen and oxygen atoms in total. The number of hydrogen-bond acceptors (Lipinski definition) is 4. The maximum atomic E-state index is 12.4. The van der Waals surface area contributed by atoms with Gasteiger partial charge in [0.1, 0.15) is 5.82 Å². The first-order valence-electron chi connectivity index (χ1n) is 6.40. The van der Waals surface area contributed by atoms with E-state index in [1.807, 2.05) is 24.8 Å². The van der Waals surface area contributed by atoms with E-state index in [1.165, 1.54) is 0 Å². The molecule has 2 N–H and O–H groups in total. The Morgan fingerprint density at radius 2 is 2.17 bits per heavy atom. The molecule has 1 aromatic heterocycles. The van der Waals surface area contributed by atoms with Crippen LogP contribution in [0.5, 0.6) is 0 Å². The number of nitrogens with zero attached hydrogens (tertiary/aromatic N) is 2. The molecule has 0 atom stereocenters. The quantitative estimate of drug-likeness (QED) is 0.836. The number of rotatable bonds is 3. The van der Waals surface area contributed by atoms with Crippen molar-refractivity contribution < 1.29 is 4.79 Å². The van der Waals surface area contributed by atoms with Crippen molar-refractivity contribution in [2.45, 2.75) is 19.9 Å². The van der Waals surface area contributed by atoms with Crippen LogP contribution in [-0.2, 0) is 0 Å². The fourth-order valence-corrected chi connectivity index (χ4v) is 2.00. The van der Waals surface area contributed by atoms with Crippen LogP contribution in [0.1, 0.15) is 24.2 Å². The fraction of sp³-hybridized carbons (Fsp3) is 0.538. The Balaban J connectivity index is 2.18. The highest BCUT2D eigenvalue weighted by Crippen LogP contribution is 2.15. The third kappa shape index (κ3) is 2.98. The molecule has 1 fully saturated rings. The molecule has 0 saturated carbocycles. The van der Waals surface area contributed by atoms with Gasteiger partial charge in [-0.15, -0.1) is 0 Å². The number of nitrogens with one attached hydrogen (secondary N) is 2. The minimum atomic E-state index is 0.0627. The van der Waals surface area contributed by atoms with Crippen molar-refractivity contribution in [1.82, 2.24) is 15.2 Å². The average molecular weight is 248 g/mol. The van der Waals surface area contributed by atoms with Crippen LogP contribution in [0.3, 0.4) is 0 Å². The van der Waals surface area contributed by atoms with Gasteiger partial charge in [0, 0.05) is 38.4 Å². The van der Waals surface area contributed by atoms with Crippen LogP contribution in [0, 0.1) is 0 Å². The standard InChI is InChI=1S/C13H20N4O/c1-10(2)16-12-11(4-3-5-15-12)13(18)17-8-6-14-7-9-17/h3-5,10,14H,6-9H2,1-2H3,(H,15,16). The van der Waals surface area contributed by atoms with E-state index in [0.717, 1.165) is 26.2 Å². The molecule has 98 valence electrons. The highest BCUT2D eigenvalue weighted by Gasteiger charge is 2.21. The van der Waals surface area contributed by atoms with E-state index in [2.05, 4.69) is 15.6 Å². The van der Waals surface area contributed by atoms with Gasteiger partial charge in [-0.2, -0.15) is 0 Å². The number of amides is 1. The molecule has 2 heterocycles. The topological polar surface area (TPSA) is 57.3 Å². The first-order valence-corrected chi connectivity index (χ1v) is 6.40. The zero-order valence-corrected chi connectivity index (χ0v) is 10.9. The molecule has 0 aliphatic carbocycles. The molecule has 1 amide bonds. The maximum absolute atomic E-state index is 12.4. The third-order valence-corrected chi connectivity index (χ3v) is 2.87. The van der Waals surface area contributed by atoms with Gasteiger partial charge in [0.2, 0.25) is 0 Å². The Labute approximate surface area is 108 Å². The Morgan fingerprint density at radius 3 is 2.83 bits per heavy atom. The van der Waals surface area contributed by atoms with Crippen molar-refractivity contribution in [3.8, 4) is 0 Å². The number of aromatic nitrogens is 1. The van der Waals surface area contributed by atoms with Crippen LogP contribution in [-0.4, -0.2) is 48.0 Å². The van der Waals surface area contributed by atoms with Gasteiger partial charge in [0.15, 0.2) is 0 Å². The molecular weight excluding hydrogens is 228 g/mol. The summed E-state index contributed by atoms with van der Waals surface area (Å²) < 4.78 is 0. The molecule has 0 spiro atoms. The van der Waals surface area contributed by atoms with Crippen LogP contribution < -0.4 is 10.6 Å². The number of carbonyl (C=O) groups is 1. The molecule has 0 unspecified atom stereocenters. The van der Waals surface area contributed by atoms with Crippen molar-refractivity contribution in [3.63, 3.8) is 0 Å². The summed E-state index contributed by atoms with van der Waals surface area (Å²) in [4.78, 5) is 18.6. The zero-order valence-electron chi connectivity index (χ0n) is 10.9.